The number of hydrogen-bond donors (Lipinski definition) is 1. The van der Waals surface area contributed by atoms with E-state index in [1.165, 1.54) is 0 Å². The van der Waals surface area contributed by atoms with Crippen molar-refractivity contribution in [1.29, 1.82) is 0 Å². The van der Waals surface area contributed by atoms with Gasteiger partial charge in [-0.15, -0.1) is 0 Å². The van der Waals surface area contributed by atoms with Gasteiger partial charge in [-0.2, -0.15) is 0 Å². The number of halogens is 1. The average molecular weight is 331 g/mol. The van der Waals surface area contributed by atoms with Crippen molar-refractivity contribution < 1.29 is 14.3 Å². The summed E-state index contributed by atoms with van der Waals surface area (Å²) >= 11 is 2.21. The maximum atomic E-state index is 11.4. The molecule has 16 heavy (non-hydrogen) atoms. The third-order valence-corrected chi connectivity index (χ3v) is 3.04. The molecule has 1 atom stereocenters. The van der Waals surface area contributed by atoms with Gasteiger partial charge in [0.05, 0.1) is 0 Å². The fourth-order valence-corrected chi connectivity index (χ4v) is 1.88. The Hall–Kier alpha value is -1.11. The standard InChI is InChI=1S/C11H10INO3/c12-8-3-1-7(2-4-8)5-9-11(15)16-6-10(14)13-9/h1-4,9H,5-6H2,(H,13,14). The van der Waals surface area contributed by atoms with Gasteiger partial charge in [-0.05, 0) is 40.3 Å². The summed E-state index contributed by atoms with van der Waals surface area (Å²) in [6, 6.07) is 7.25. The second-order valence-electron chi connectivity index (χ2n) is 3.56. The van der Waals surface area contributed by atoms with Gasteiger partial charge >= 0.3 is 5.97 Å². The van der Waals surface area contributed by atoms with E-state index < -0.39 is 6.04 Å². The molecular weight excluding hydrogens is 321 g/mol. The Bertz CT molecular complexity index is 416. The summed E-state index contributed by atoms with van der Waals surface area (Å²) < 4.78 is 5.88. The molecule has 0 bridgehead atoms. The first-order valence-corrected chi connectivity index (χ1v) is 5.93. The predicted octanol–water partition coefficient (Wildman–Crippen LogP) is 0.875. The van der Waals surface area contributed by atoms with E-state index in [2.05, 4.69) is 27.9 Å². The molecule has 0 spiro atoms. The lowest BCUT2D eigenvalue weighted by atomic mass is 10.1. The highest BCUT2D eigenvalue weighted by atomic mass is 127. The highest BCUT2D eigenvalue weighted by Crippen LogP contribution is 2.10. The summed E-state index contributed by atoms with van der Waals surface area (Å²) in [4.78, 5) is 22.4. The van der Waals surface area contributed by atoms with Gasteiger partial charge in [-0.1, -0.05) is 12.1 Å². The van der Waals surface area contributed by atoms with Crippen molar-refractivity contribution in [3.05, 3.63) is 33.4 Å². The zero-order valence-corrected chi connectivity index (χ0v) is 10.6. The third-order valence-electron chi connectivity index (χ3n) is 2.32. The van der Waals surface area contributed by atoms with Crippen LogP contribution >= 0.6 is 22.6 Å². The molecule has 1 N–H and O–H groups in total. The molecule has 1 aromatic rings. The van der Waals surface area contributed by atoms with Gasteiger partial charge in [0, 0.05) is 9.99 Å². The van der Waals surface area contributed by atoms with Crippen LogP contribution in [0.3, 0.4) is 0 Å². The smallest absolute Gasteiger partial charge is 0.329 e. The van der Waals surface area contributed by atoms with E-state index in [0.717, 1.165) is 9.13 Å². The van der Waals surface area contributed by atoms with E-state index in [9.17, 15) is 9.59 Å². The second kappa shape index (κ2) is 4.82. The number of amides is 1. The number of rotatable bonds is 2. The van der Waals surface area contributed by atoms with E-state index in [-0.39, 0.29) is 18.5 Å². The van der Waals surface area contributed by atoms with E-state index in [1.807, 2.05) is 24.3 Å². The number of ether oxygens (including phenoxy) is 1. The first-order chi connectivity index (χ1) is 7.65. The van der Waals surface area contributed by atoms with Crippen molar-refractivity contribution in [2.45, 2.75) is 12.5 Å². The molecule has 0 radical (unpaired) electrons. The molecule has 1 unspecified atom stereocenters. The Kier molecular flexibility index (Phi) is 3.42. The zero-order valence-electron chi connectivity index (χ0n) is 8.40. The van der Waals surface area contributed by atoms with Crippen LogP contribution in [0.1, 0.15) is 5.56 Å². The van der Waals surface area contributed by atoms with Crippen LogP contribution in [0.4, 0.5) is 0 Å². The summed E-state index contributed by atoms with van der Waals surface area (Å²) in [5.41, 5.74) is 1.00. The number of carbonyl (C=O) groups excluding carboxylic acids is 2. The highest BCUT2D eigenvalue weighted by molar-refractivity contribution is 14.1. The molecule has 0 saturated carbocycles. The molecule has 1 aliphatic rings. The van der Waals surface area contributed by atoms with E-state index in [0.29, 0.717) is 6.42 Å². The Balaban J connectivity index is 2.05. The molecule has 5 heteroatoms. The van der Waals surface area contributed by atoms with E-state index in [1.54, 1.807) is 0 Å². The number of morpholine rings is 1. The Morgan fingerprint density at radius 2 is 2.00 bits per heavy atom. The monoisotopic (exact) mass is 331 g/mol. The lowest BCUT2D eigenvalue weighted by Gasteiger charge is -2.22. The van der Waals surface area contributed by atoms with Gasteiger partial charge in [0.25, 0.3) is 5.91 Å². The fourth-order valence-electron chi connectivity index (χ4n) is 1.52. The van der Waals surface area contributed by atoms with Crippen molar-refractivity contribution in [1.82, 2.24) is 5.32 Å². The molecule has 1 heterocycles. The normalized spacial score (nSPS) is 20.2. The molecular formula is C11H10INO3. The first-order valence-electron chi connectivity index (χ1n) is 4.85. The number of benzene rings is 1. The van der Waals surface area contributed by atoms with E-state index in [4.69, 9.17) is 4.74 Å². The minimum absolute atomic E-state index is 0.165. The fraction of sp³-hybridized carbons (Fsp3) is 0.273. The second-order valence-corrected chi connectivity index (χ2v) is 4.80. The Labute approximate surface area is 106 Å². The molecule has 1 saturated heterocycles. The van der Waals surface area contributed by atoms with Gasteiger partial charge in [-0.3, -0.25) is 4.79 Å². The van der Waals surface area contributed by atoms with Crippen molar-refractivity contribution in [3.8, 4) is 0 Å². The lowest BCUT2D eigenvalue weighted by Crippen LogP contribution is -2.50. The first kappa shape index (κ1) is 11.4. The number of cyclic esters (lactones) is 1. The maximum Gasteiger partial charge on any atom is 0.329 e. The summed E-state index contributed by atoms with van der Waals surface area (Å²) in [5.74, 6) is -0.603. The Morgan fingerprint density at radius 3 is 2.69 bits per heavy atom. The summed E-state index contributed by atoms with van der Waals surface area (Å²) in [6.07, 6.45) is 0.474. The molecule has 84 valence electrons. The van der Waals surface area contributed by atoms with Gasteiger partial charge in [-0.25, -0.2) is 4.79 Å². The summed E-state index contributed by atoms with van der Waals surface area (Å²) in [7, 11) is 0. The highest BCUT2D eigenvalue weighted by Gasteiger charge is 2.27. The minimum Gasteiger partial charge on any atom is -0.454 e. The van der Waals surface area contributed by atoms with Crippen LogP contribution in [0.5, 0.6) is 0 Å². The molecule has 1 fully saturated rings. The van der Waals surface area contributed by atoms with Gasteiger partial charge in [0.15, 0.2) is 6.61 Å². The van der Waals surface area contributed by atoms with Crippen LogP contribution in [0.15, 0.2) is 24.3 Å². The van der Waals surface area contributed by atoms with E-state index >= 15 is 0 Å². The quantitative estimate of drug-likeness (QED) is 0.647. The topological polar surface area (TPSA) is 55.4 Å². The zero-order chi connectivity index (χ0) is 11.5. The van der Waals surface area contributed by atoms with Crippen molar-refractivity contribution in [2.24, 2.45) is 0 Å². The summed E-state index contributed by atoms with van der Waals surface area (Å²) in [6.45, 7) is -0.165. The van der Waals surface area contributed by atoms with Crippen LogP contribution in [-0.2, 0) is 20.7 Å². The molecule has 4 nitrogen and oxygen atoms in total. The molecule has 1 aliphatic heterocycles. The average Bonchev–Trinajstić information content (AvgIpc) is 2.27. The van der Waals surface area contributed by atoms with Crippen LogP contribution in [0, 0.1) is 3.57 Å². The van der Waals surface area contributed by atoms with Crippen LogP contribution in [0.25, 0.3) is 0 Å². The lowest BCUT2D eigenvalue weighted by molar-refractivity contribution is -0.157. The molecule has 2 rings (SSSR count). The van der Waals surface area contributed by atoms with Crippen molar-refractivity contribution in [2.75, 3.05) is 6.61 Å². The third kappa shape index (κ3) is 2.72. The van der Waals surface area contributed by atoms with Gasteiger partial charge < -0.3 is 10.1 Å². The number of esters is 1. The van der Waals surface area contributed by atoms with Crippen molar-refractivity contribution >= 4 is 34.5 Å². The van der Waals surface area contributed by atoms with Gasteiger partial charge in [0.1, 0.15) is 6.04 Å². The number of hydrogen-bond acceptors (Lipinski definition) is 3. The number of carbonyl (C=O) groups is 2. The summed E-state index contributed by atoms with van der Waals surface area (Å²) in [5, 5.41) is 2.61. The predicted molar refractivity (Wildman–Crippen MR) is 65.8 cm³/mol. The van der Waals surface area contributed by atoms with Crippen LogP contribution < -0.4 is 5.32 Å². The molecule has 0 aliphatic carbocycles. The number of nitrogens with one attached hydrogen (secondary N) is 1. The van der Waals surface area contributed by atoms with Crippen molar-refractivity contribution in [3.63, 3.8) is 0 Å². The minimum atomic E-state index is -0.554. The van der Waals surface area contributed by atoms with Crippen LogP contribution in [0.2, 0.25) is 0 Å². The SMILES string of the molecule is O=C1COC(=O)C(Cc2ccc(I)cc2)N1. The van der Waals surface area contributed by atoms with Gasteiger partial charge in [0.2, 0.25) is 0 Å². The van der Waals surface area contributed by atoms with Crippen LogP contribution in [-0.4, -0.2) is 24.5 Å². The largest absolute Gasteiger partial charge is 0.454 e. The molecule has 1 aromatic carbocycles. The molecule has 0 aromatic heterocycles. The Morgan fingerprint density at radius 1 is 1.31 bits per heavy atom. The maximum absolute atomic E-state index is 11.4. The molecule has 1 amide bonds.